The van der Waals surface area contributed by atoms with E-state index < -0.39 is 28.5 Å². The van der Waals surface area contributed by atoms with Gasteiger partial charge < -0.3 is 10.2 Å². The fourth-order valence-electron chi connectivity index (χ4n) is 4.78. The zero-order valence-electron chi connectivity index (χ0n) is 24.8. The highest BCUT2D eigenvalue weighted by Crippen LogP contribution is 2.28. The van der Waals surface area contributed by atoms with Gasteiger partial charge in [-0.2, -0.15) is 0 Å². The SMILES string of the molecule is CCNC(=O)[C@@H](Cc1ccccc1)N(Cc1ccc(Br)cc1)C(=O)CN(c1ccc(C)c(C)c1)S(=O)(=O)c1ccc(Cl)cc1. The Labute approximate surface area is 273 Å². The molecule has 0 saturated carbocycles. The number of rotatable bonds is 12. The van der Waals surface area contributed by atoms with Crippen molar-refractivity contribution in [1.82, 2.24) is 10.2 Å². The number of nitrogens with one attached hydrogen (secondary N) is 1. The summed E-state index contributed by atoms with van der Waals surface area (Å²) in [5.74, 6) is -0.837. The fourth-order valence-corrected chi connectivity index (χ4v) is 6.57. The van der Waals surface area contributed by atoms with E-state index in [4.69, 9.17) is 11.6 Å². The summed E-state index contributed by atoms with van der Waals surface area (Å²) < 4.78 is 30.2. The highest BCUT2D eigenvalue weighted by Gasteiger charge is 2.34. The Balaban J connectivity index is 1.81. The molecule has 0 bridgehead atoms. The van der Waals surface area contributed by atoms with E-state index in [0.29, 0.717) is 17.3 Å². The molecule has 0 aliphatic heterocycles. The standard InChI is InChI=1S/C34H35BrClN3O4S/c1-4-37-34(41)32(21-26-8-6-5-7-9-26)38(22-27-11-13-28(35)14-12-27)33(40)23-39(30-17-10-24(2)25(3)20-30)44(42,43)31-18-15-29(36)16-19-31/h5-20,32H,4,21-23H2,1-3H3,(H,37,41)/t32-/m1/s1. The predicted molar refractivity (Wildman–Crippen MR) is 179 cm³/mol. The van der Waals surface area contributed by atoms with Crippen LogP contribution in [0.3, 0.4) is 0 Å². The van der Waals surface area contributed by atoms with Crippen LogP contribution < -0.4 is 9.62 Å². The summed E-state index contributed by atoms with van der Waals surface area (Å²) in [5, 5.41) is 3.26. The monoisotopic (exact) mass is 695 g/mol. The van der Waals surface area contributed by atoms with Gasteiger partial charge in [-0.25, -0.2) is 8.42 Å². The van der Waals surface area contributed by atoms with Crippen molar-refractivity contribution in [3.05, 3.63) is 129 Å². The summed E-state index contributed by atoms with van der Waals surface area (Å²) >= 11 is 9.50. The molecule has 0 heterocycles. The van der Waals surface area contributed by atoms with Gasteiger partial charge in [-0.1, -0.05) is 76.1 Å². The molecule has 0 saturated heterocycles. The second-order valence-corrected chi connectivity index (χ2v) is 13.7. The molecule has 1 atom stereocenters. The first kappa shape index (κ1) is 33.2. The van der Waals surface area contributed by atoms with Crippen molar-refractivity contribution >= 4 is 55.1 Å². The molecular weight excluding hydrogens is 662 g/mol. The average Bonchev–Trinajstić information content (AvgIpc) is 3.00. The number of anilines is 1. The van der Waals surface area contributed by atoms with E-state index in [1.165, 1.54) is 29.2 Å². The highest BCUT2D eigenvalue weighted by atomic mass is 79.9. The number of carbonyl (C=O) groups is 2. The lowest BCUT2D eigenvalue weighted by Gasteiger charge is -2.34. The Kier molecular flexibility index (Phi) is 11.2. The number of halogens is 2. The van der Waals surface area contributed by atoms with E-state index in [-0.39, 0.29) is 23.8 Å². The number of carbonyl (C=O) groups excluding carboxylic acids is 2. The van der Waals surface area contributed by atoms with E-state index in [1.807, 2.05) is 81.4 Å². The minimum absolute atomic E-state index is 0.00282. The van der Waals surface area contributed by atoms with Gasteiger partial charge >= 0.3 is 0 Å². The van der Waals surface area contributed by atoms with Crippen molar-refractivity contribution in [1.29, 1.82) is 0 Å². The van der Waals surface area contributed by atoms with Gasteiger partial charge in [0.25, 0.3) is 10.0 Å². The van der Waals surface area contributed by atoms with Crippen LogP contribution in [-0.4, -0.2) is 44.3 Å². The van der Waals surface area contributed by atoms with Crippen molar-refractivity contribution < 1.29 is 18.0 Å². The van der Waals surface area contributed by atoms with Gasteiger partial charge in [0.15, 0.2) is 0 Å². The summed E-state index contributed by atoms with van der Waals surface area (Å²) in [4.78, 5) is 29.5. The number of hydrogen-bond acceptors (Lipinski definition) is 4. The summed E-state index contributed by atoms with van der Waals surface area (Å²) in [6.45, 7) is 5.60. The molecule has 0 aliphatic rings. The van der Waals surface area contributed by atoms with Crippen molar-refractivity contribution in [2.75, 3.05) is 17.4 Å². The van der Waals surface area contributed by atoms with Crippen LogP contribution in [0.2, 0.25) is 5.02 Å². The van der Waals surface area contributed by atoms with Crippen LogP contribution in [0, 0.1) is 13.8 Å². The normalized spacial score (nSPS) is 11.9. The Morgan fingerprint density at radius 2 is 1.52 bits per heavy atom. The Bertz CT molecular complexity index is 1700. The van der Waals surface area contributed by atoms with Crippen LogP contribution in [0.25, 0.3) is 0 Å². The Morgan fingerprint density at radius 1 is 0.864 bits per heavy atom. The van der Waals surface area contributed by atoms with E-state index >= 15 is 0 Å². The number of nitrogens with zero attached hydrogens (tertiary/aromatic N) is 2. The topological polar surface area (TPSA) is 86.8 Å². The number of benzene rings is 4. The lowest BCUT2D eigenvalue weighted by molar-refractivity contribution is -0.140. The molecule has 4 aromatic carbocycles. The predicted octanol–water partition coefficient (Wildman–Crippen LogP) is 6.69. The lowest BCUT2D eigenvalue weighted by atomic mass is 10.0. The largest absolute Gasteiger partial charge is 0.355 e. The van der Waals surface area contributed by atoms with Crippen LogP contribution in [0.1, 0.15) is 29.2 Å². The van der Waals surface area contributed by atoms with E-state index in [1.54, 1.807) is 12.1 Å². The smallest absolute Gasteiger partial charge is 0.264 e. The van der Waals surface area contributed by atoms with Gasteiger partial charge in [0.2, 0.25) is 11.8 Å². The maximum atomic E-state index is 14.4. The Morgan fingerprint density at radius 3 is 2.14 bits per heavy atom. The first-order valence-electron chi connectivity index (χ1n) is 14.2. The molecule has 1 N–H and O–H groups in total. The van der Waals surface area contributed by atoms with Gasteiger partial charge in [0, 0.05) is 29.0 Å². The van der Waals surface area contributed by atoms with Crippen LogP contribution in [-0.2, 0) is 32.6 Å². The first-order valence-corrected chi connectivity index (χ1v) is 16.8. The second-order valence-electron chi connectivity index (χ2n) is 10.5. The van der Waals surface area contributed by atoms with E-state index in [9.17, 15) is 18.0 Å². The molecule has 0 aromatic heterocycles. The summed E-state index contributed by atoms with van der Waals surface area (Å²) in [6.07, 6.45) is 0.252. The summed E-state index contributed by atoms with van der Waals surface area (Å²) in [6, 6.07) is 27.1. The van der Waals surface area contributed by atoms with E-state index in [2.05, 4.69) is 21.2 Å². The minimum Gasteiger partial charge on any atom is -0.355 e. The fraction of sp³-hybridized carbons (Fsp3) is 0.235. The second kappa shape index (κ2) is 14.9. The van der Waals surface area contributed by atoms with Crippen molar-refractivity contribution in [3.63, 3.8) is 0 Å². The van der Waals surface area contributed by atoms with Crippen molar-refractivity contribution in [2.24, 2.45) is 0 Å². The third-order valence-electron chi connectivity index (χ3n) is 7.35. The van der Waals surface area contributed by atoms with Gasteiger partial charge in [-0.3, -0.25) is 13.9 Å². The van der Waals surface area contributed by atoms with Gasteiger partial charge in [-0.15, -0.1) is 0 Å². The molecule has 7 nitrogen and oxygen atoms in total. The molecule has 4 rings (SSSR count). The molecule has 0 fully saturated rings. The van der Waals surface area contributed by atoms with Gasteiger partial charge in [0.05, 0.1) is 10.6 Å². The van der Waals surface area contributed by atoms with Crippen LogP contribution in [0.5, 0.6) is 0 Å². The molecule has 2 amide bonds. The van der Waals surface area contributed by atoms with Crippen LogP contribution >= 0.6 is 27.5 Å². The number of hydrogen-bond donors (Lipinski definition) is 1. The first-order chi connectivity index (χ1) is 21.0. The van der Waals surface area contributed by atoms with Gasteiger partial charge in [-0.05, 0) is 91.6 Å². The lowest BCUT2D eigenvalue weighted by Crippen LogP contribution is -2.53. The molecule has 0 radical (unpaired) electrons. The molecule has 10 heteroatoms. The number of aryl methyl sites for hydroxylation is 2. The number of sulfonamides is 1. The van der Waals surface area contributed by atoms with Crippen molar-refractivity contribution in [2.45, 2.75) is 44.7 Å². The third-order valence-corrected chi connectivity index (χ3v) is 9.92. The number of amides is 2. The third kappa shape index (κ3) is 8.28. The van der Waals surface area contributed by atoms with Gasteiger partial charge in [0.1, 0.15) is 12.6 Å². The Hall–Kier alpha value is -3.66. The zero-order valence-corrected chi connectivity index (χ0v) is 28.0. The summed E-state index contributed by atoms with van der Waals surface area (Å²) in [7, 11) is -4.20. The van der Waals surface area contributed by atoms with Crippen LogP contribution in [0.4, 0.5) is 5.69 Å². The minimum atomic E-state index is -4.20. The zero-order chi connectivity index (χ0) is 31.9. The maximum Gasteiger partial charge on any atom is 0.264 e. The molecule has 230 valence electrons. The molecule has 0 unspecified atom stereocenters. The average molecular weight is 697 g/mol. The highest BCUT2D eigenvalue weighted by molar-refractivity contribution is 9.10. The van der Waals surface area contributed by atoms with E-state index in [0.717, 1.165) is 31.0 Å². The maximum absolute atomic E-state index is 14.4. The summed E-state index contributed by atoms with van der Waals surface area (Å²) in [5.41, 5.74) is 3.87. The number of likely N-dealkylation sites (N-methyl/N-ethyl adjacent to an activating group) is 1. The molecule has 0 spiro atoms. The molecule has 4 aromatic rings. The molecular formula is C34H35BrClN3O4S. The quantitative estimate of drug-likeness (QED) is 0.179. The molecule has 0 aliphatic carbocycles. The van der Waals surface area contributed by atoms with Crippen molar-refractivity contribution in [3.8, 4) is 0 Å². The van der Waals surface area contributed by atoms with Crippen LogP contribution in [0.15, 0.2) is 106 Å². The molecule has 44 heavy (non-hydrogen) atoms.